The zero-order valence-electron chi connectivity index (χ0n) is 13.9. The summed E-state index contributed by atoms with van der Waals surface area (Å²) in [4.78, 5) is 12.1. The summed E-state index contributed by atoms with van der Waals surface area (Å²) in [6.07, 6.45) is 4.82. The van der Waals surface area contributed by atoms with Crippen LogP contribution < -0.4 is 5.32 Å². The highest BCUT2D eigenvalue weighted by atomic mass is 35.5. The van der Waals surface area contributed by atoms with Gasteiger partial charge in [-0.15, -0.1) is 0 Å². The van der Waals surface area contributed by atoms with E-state index in [1.165, 1.54) is 0 Å². The standard InChI is InChI=1S/C20H20ClN3O/c21-19-8-3-5-16(13-19)9-10-20(25)22-14-17-6-1-2-7-18(17)15-24-12-4-11-23-24/h1-8,11-13H,9-10,14-15H2,(H,22,25). The highest BCUT2D eigenvalue weighted by Crippen LogP contribution is 2.13. The molecule has 1 heterocycles. The fourth-order valence-electron chi connectivity index (χ4n) is 2.69. The number of rotatable bonds is 7. The minimum atomic E-state index is 0.0360. The molecular weight excluding hydrogens is 334 g/mol. The average Bonchev–Trinajstić information content (AvgIpc) is 3.12. The van der Waals surface area contributed by atoms with Gasteiger partial charge < -0.3 is 5.32 Å². The van der Waals surface area contributed by atoms with E-state index in [9.17, 15) is 4.79 Å². The molecule has 0 fully saturated rings. The molecule has 1 aromatic heterocycles. The Hall–Kier alpha value is -2.59. The van der Waals surface area contributed by atoms with Crippen molar-refractivity contribution in [1.82, 2.24) is 15.1 Å². The summed E-state index contributed by atoms with van der Waals surface area (Å²) in [5, 5.41) is 7.94. The first-order valence-electron chi connectivity index (χ1n) is 8.26. The second-order valence-corrected chi connectivity index (χ2v) is 6.32. The van der Waals surface area contributed by atoms with Gasteiger partial charge >= 0.3 is 0 Å². The van der Waals surface area contributed by atoms with E-state index in [1.54, 1.807) is 6.20 Å². The number of hydrogen-bond donors (Lipinski definition) is 1. The van der Waals surface area contributed by atoms with Gasteiger partial charge in [-0.05, 0) is 41.3 Å². The lowest BCUT2D eigenvalue weighted by atomic mass is 10.1. The molecule has 0 bridgehead atoms. The zero-order valence-corrected chi connectivity index (χ0v) is 14.6. The molecule has 0 aliphatic carbocycles. The number of nitrogens with one attached hydrogen (secondary N) is 1. The SMILES string of the molecule is O=C(CCc1cccc(Cl)c1)NCc1ccccc1Cn1cccn1. The number of carbonyl (C=O) groups is 1. The first-order chi connectivity index (χ1) is 12.2. The van der Waals surface area contributed by atoms with Crippen molar-refractivity contribution in [3.63, 3.8) is 0 Å². The number of benzene rings is 2. The number of aryl methyl sites for hydroxylation is 1. The number of aromatic nitrogens is 2. The summed E-state index contributed by atoms with van der Waals surface area (Å²) in [7, 11) is 0. The summed E-state index contributed by atoms with van der Waals surface area (Å²) in [6, 6.07) is 17.6. The lowest BCUT2D eigenvalue weighted by Crippen LogP contribution is -2.23. The third-order valence-corrected chi connectivity index (χ3v) is 4.25. The van der Waals surface area contributed by atoms with Crippen molar-refractivity contribution in [3.05, 3.63) is 88.7 Å². The molecule has 0 aliphatic rings. The minimum absolute atomic E-state index is 0.0360. The largest absolute Gasteiger partial charge is 0.352 e. The first-order valence-corrected chi connectivity index (χ1v) is 8.64. The Morgan fingerprint density at radius 2 is 1.92 bits per heavy atom. The summed E-state index contributed by atoms with van der Waals surface area (Å²) >= 11 is 5.97. The van der Waals surface area contributed by atoms with Crippen molar-refractivity contribution in [2.45, 2.75) is 25.9 Å². The minimum Gasteiger partial charge on any atom is -0.352 e. The number of nitrogens with zero attached hydrogens (tertiary/aromatic N) is 2. The van der Waals surface area contributed by atoms with Crippen LogP contribution in [-0.4, -0.2) is 15.7 Å². The summed E-state index contributed by atoms with van der Waals surface area (Å²) in [6.45, 7) is 1.22. The number of halogens is 1. The van der Waals surface area contributed by atoms with Crippen molar-refractivity contribution in [1.29, 1.82) is 0 Å². The van der Waals surface area contributed by atoms with Gasteiger partial charge in [-0.1, -0.05) is 48.0 Å². The third kappa shape index (κ3) is 5.19. The maximum Gasteiger partial charge on any atom is 0.220 e. The van der Waals surface area contributed by atoms with Crippen molar-refractivity contribution < 1.29 is 4.79 Å². The number of carbonyl (C=O) groups excluding carboxylic acids is 1. The quantitative estimate of drug-likeness (QED) is 0.701. The topological polar surface area (TPSA) is 46.9 Å². The predicted octanol–water partition coefficient (Wildman–Crippen LogP) is 3.83. The third-order valence-electron chi connectivity index (χ3n) is 4.02. The van der Waals surface area contributed by atoms with Crippen LogP contribution in [0.15, 0.2) is 67.0 Å². The molecule has 0 spiro atoms. The van der Waals surface area contributed by atoms with Crippen LogP contribution >= 0.6 is 11.6 Å². The molecule has 0 unspecified atom stereocenters. The molecule has 5 heteroatoms. The Labute approximate surface area is 152 Å². The summed E-state index contributed by atoms with van der Waals surface area (Å²) in [5.41, 5.74) is 3.33. The summed E-state index contributed by atoms with van der Waals surface area (Å²) < 4.78 is 1.87. The monoisotopic (exact) mass is 353 g/mol. The molecule has 0 saturated heterocycles. The molecule has 3 rings (SSSR count). The predicted molar refractivity (Wildman–Crippen MR) is 99.4 cm³/mol. The normalized spacial score (nSPS) is 10.6. The van der Waals surface area contributed by atoms with Gasteiger partial charge in [0.15, 0.2) is 0 Å². The van der Waals surface area contributed by atoms with Crippen LogP contribution in [0.1, 0.15) is 23.1 Å². The maximum absolute atomic E-state index is 12.1. The van der Waals surface area contributed by atoms with E-state index in [0.29, 0.717) is 31.0 Å². The molecule has 1 amide bonds. The lowest BCUT2D eigenvalue weighted by molar-refractivity contribution is -0.121. The van der Waals surface area contributed by atoms with E-state index < -0.39 is 0 Å². The van der Waals surface area contributed by atoms with Crippen LogP contribution in [0.5, 0.6) is 0 Å². The maximum atomic E-state index is 12.1. The Bertz CT molecular complexity index is 830. The molecular formula is C20H20ClN3O. The van der Waals surface area contributed by atoms with E-state index in [2.05, 4.69) is 16.5 Å². The van der Waals surface area contributed by atoms with Crippen molar-refractivity contribution in [2.24, 2.45) is 0 Å². The number of amides is 1. The Morgan fingerprint density at radius 3 is 2.68 bits per heavy atom. The molecule has 25 heavy (non-hydrogen) atoms. The highest BCUT2D eigenvalue weighted by molar-refractivity contribution is 6.30. The van der Waals surface area contributed by atoms with Gasteiger partial charge in [0.2, 0.25) is 5.91 Å². The molecule has 0 aliphatic heterocycles. The molecule has 0 saturated carbocycles. The fraction of sp³-hybridized carbons (Fsp3) is 0.200. The molecule has 0 atom stereocenters. The van der Waals surface area contributed by atoms with Crippen LogP contribution in [0.3, 0.4) is 0 Å². The smallest absolute Gasteiger partial charge is 0.220 e. The van der Waals surface area contributed by atoms with Gasteiger partial charge in [0.25, 0.3) is 0 Å². The van der Waals surface area contributed by atoms with Crippen LogP contribution in [0.25, 0.3) is 0 Å². The van der Waals surface area contributed by atoms with Gasteiger partial charge in [0, 0.05) is 30.4 Å². The molecule has 1 N–H and O–H groups in total. The van der Waals surface area contributed by atoms with Gasteiger partial charge in [0.05, 0.1) is 6.54 Å². The van der Waals surface area contributed by atoms with E-state index >= 15 is 0 Å². The highest BCUT2D eigenvalue weighted by Gasteiger charge is 2.06. The van der Waals surface area contributed by atoms with Gasteiger partial charge in [-0.3, -0.25) is 9.48 Å². The molecule has 3 aromatic rings. The van der Waals surface area contributed by atoms with Gasteiger partial charge in [-0.2, -0.15) is 5.10 Å². The average molecular weight is 354 g/mol. The second-order valence-electron chi connectivity index (χ2n) is 5.88. The van der Waals surface area contributed by atoms with E-state index in [-0.39, 0.29) is 5.91 Å². The van der Waals surface area contributed by atoms with Gasteiger partial charge in [0.1, 0.15) is 0 Å². The first kappa shape index (κ1) is 17.2. The van der Waals surface area contributed by atoms with Crippen molar-refractivity contribution in [2.75, 3.05) is 0 Å². The van der Waals surface area contributed by atoms with Crippen LogP contribution in [0.2, 0.25) is 5.02 Å². The van der Waals surface area contributed by atoms with Crippen LogP contribution in [0, 0.1) is 0 Å². The van der Waals surface area contributed by atoms with Gasteiger partial charge in [-0.25, -0.2) is 0 Å². The Kier molecular flexibility index (Phi) is 5.86. The molecule has 2 aromatic carbocycles. The summed E-state index contributed by atoms with van der Waals surface area (Å²) in [5.74, 6) is 0.0360. The van der Waals surface area contributed by atoms with Crippen LogP contribution in [0.4, 0.5) is 0 Å². The second kappa shape index (κ2) is 8.49. The lowest BCUT2D eigenvalue weighted by Gasteiger charge is -2.11. The van der Waals surface area contributed by atoms with Crippen molar-refractivity contribution in [3.8, 4) is 0 Å². The molecule has 0 radical (unpaired) electrons. The zero-order chi connectivity index (χ0) is 17.5. The van der Waals surface area contributed by atoms with E-state index in [0.717, 1.165) is 16.7 Å². The Balaban J connectivity index is 1.53. The van der Waals surface area contributed by atoms with Crippen molar-refractivity contribution >= 4 is 17.5 Å². The number of hydrogen-bond acceptors (Lipinski definition) is 2. The van der Waals surface area contributed by atoms with E-state index in [4.69, 9.17) is 11.6 Å². The van der Waals surface area contributed by atoms with E-state index in [1.807, 2.05) is 59.4 Å². The Morgan fingerprint density at radius 1 is 1.08 bits per heavy atom. The van der Waals surface area contributed by atoms with Crippen LogP contribution in [-0.2, 0) is 24.3 Å². The fourth-order valence-corrected chi connectivity index (χ4v) is 2.90. The molecule has 128 valence electrons. The molecule has 4 nitrogen and oxygen atoms in total.